The topological polar surface area (TPSA) is 50.1 Å². The van der Waals surface area contributed by atoms with Crippen molar-refractivity contribution in [3.05, 3.63) is 36.3 Å². The first-order chi connectivity index (χ1) is 11.8. The lowest BCUT2D eigenvalue weighted by Gasteiger charge is -2.38. The SMILES string of the molecule is CN(c1cc(C(F)(F)F)ncn1)C1CCCN(Cc2cncn2C)C1. The Morgan fingerprint density at radius 2 is 2.12 bits per heavy atom. The minimum atomic E-state index is -4.46. The van der Waals surface area contributed by atoms with Gasteiger partial charge in [0.2, 0.25) is 0 Å². The van der Waals surface area contributed by atoms with Crippen molar-refractivity contribution in [2.75, 3.05) is 25.0 Å². The minimum absolute atomic E-state index is 0.109. The summed E-state index contributed by atoms with van der Waals surface area (Å²) in [7, 11) is 3.75. The van der Waals surface area contributed by atoms with Crippen molar-refractivity contribution >= 4 is 5.82 Å². The third kappa shape index (κ3) is 4.09. The normalized spacial score (nSPS) is 19.2. The molecule has 1 aliphatic heterocycles. The van der Waals surface area contributed by atoms with Gasteiger partial charge in [0.05, 0.1) is 12.0 Å². The lowest BCUT2D eigenvalue weighted by molar-refractivity contribution is -0.141. The van der Waals surface area contributed by atoms with E-state index in [1.165, 1.54) is 0 Å². The van der Waals surface area contributed by atoms with Crippen LogP contribution in [-0.4, -0.2) is 50.6 Å². The molecule has 1 unspecified atom stereocenters. The van der Waals surface area contributed by atoms with E-state index in [4.69, 9.17) is 0 Å². The molecule has 1 atom stereocenters. The summed E-state index contributed by atoms with van der Waals surface area (Å²) in [5.74, 6) is 0.301. The first-order valence-corrected chi connectivity index (χ1v) is 8.14. The average molecular weight is 354 g/mol. The van der Waals surface area contributed by atoms with Crippen molar-refractivity contribution in [2.24, 2.45) is 7.05 Å². The molecule has 3 heterocycles. The number of alkyl halides is 3. The Hall–Kier alpha value is -2.16. The Bertz CT molecular complexity index is 714. The van der Waals surface area contributed by atoms with Gasteiger partial charge in [-0.15, -0.1) is 0 Å². The van der Waals surface area contributed by atoms with Crippen LogP contribution in [0.15, 0.2) is 24.9 Å². The van der Waals surface area contributed by atoms with Crippen LogP contribution < -0.4 is 4.90 Å². The van der Waals surface area contributed by atoms with Crippen LogP contribution in [0.3, 0.4) is 0 Å². The van der Waals surface area contributed by atoms with Gasteiger partial charge in [-0.25, -0.2) is 15.0 Å². The number of hydrogen-bond acceptors (Lipinski definition) is 5. The molecule has 0 radical (unpaired) electrons. The minimum Gasteiger partial charge on any atom is -0.355 e. The average Bonchev–Trinajstić information content (AvgIpc) is 2.99. The van der Waals surface area contributed by atoms with E-state index in [1.807, 2.05) is 22.7 Å². The Kier molecular flexibility index (Phi) is 4.94. The second-order valence-electron chi connectivity index (χ2n) is 6.40. The van der Waals surface area contributed by atoms with Gasteiger partial charge in [0, 0.05) is 45.5 Å². The molecule has 0 bridgehead atoms. The number of nitrogens with zero attached hydrogens (tertiary/aromatic N) is 6. The number of anilines is 1. The molecule has 6 nitrogen and oxygen atoms in total. The molecule has 1 saturated heterocycles. The van der Waals surface area contributed by atoms with Crippen LogP contribution in [0.1, 0.15) is 24.2 Å². The van der Waals surface area contributed by atoms with Crippen LogP contribution in [0, 0.1) is 0 Å². The van der Waals surface area contributed by atoms with Gasteiger partial charge in [-0.2, -0.15) is 13.2 Å². The van der Waals surface area contributed by atoms with Crippen LogP contribution in [0.4, 0.5) is 19.0 Å². The molecule has 0 saturated carbocycles. The van der Waals surface area contributed by atoms with Crippen LogP contribution in [0.5, 0.6) is 0 Å². The van der Waals surface area contributed by atoms with Crippen molar-refractivity contribution in [1.82, 2.24) is 24.4 Å². The second-order valence-corrected chi connectivity index (χ2v) is 6.40. The molecule has 0 amide bonds. The third-order valence-electron chi connectivity index (χ3n) is 4.63. The third-order valence-corrected chi connectivity index (χ3v) is 4.63. The molecule has 1 fully saturated rings. The highest BCUT2D eigenvalue weighted by atomic mass is 19.4. The molecule has 136 valence electrons. The van der Waals surface area contributed by atoms with Gasteiger partial charge < -0.3 is 9.47 Å². The van der Waals surface area contributed by atoms with E-state index in [0.29, 0.717) is 5.82 Å². The summed E-state index contributed by atoms with van der Waals surface area (Å²) in [6, 6.07) is 1.12. The quantitative estimate of drug-likeness (QED) is 0.844. The van der Waals surface area contributed by atoms with Crippen LogP contribution in [0.2, 0.25) is 0 Å². The van der Waals surface area contributed by atoms with E-state index in [-0.39, 0.29) is 6.04 Å². The molecule has 0 aromatic carbocycles. The van der Waals surface area contributed by atoms with Gasteiger partial charge in [-0.1, -0.05) is 0 Å². The van der Waals surface area contributed by atoms with Gasteiger partial charge >= 0.3 is 6.18 Å². The van der Waals surface area contributed by atoms with E-state index < -0.39 is 11.9 Å². The first-order valence-electron chi connectivity index (χ1n) is 8.14. The fraction of sp³-hybridized carbons (Fsp3) is 0.562. The highest BCUT2D eigenvalue weighted by molar-refractivity contribution is 5.40. The van der Waals surface area contributed by atoms with Crippen molar-refractivity contribution in [2.45, 2.75) is 31.6 Å². The number of halogens is 3. The lowest BCUT2D eigenvalue weighted by Crippen LogP contribution is -2.46. The molecule has 3 rings (SSSR count). The Morgan fingerprint density at radius 1 is 1.32 bits per heavy atom. The fourth-order valence-corrected chi connectivity index (χ4v) is 3.14. The molecule has 2 aromatic heterocycles. The molecule has 2 aromatic rings. The number of piperidine rings is 1. The molecule has 0 aliphatic carbocycles. The van der Waals surface area contributed by atoms with Crippen molar-refractivity contribution in [1.29, 1.82) is 0 Å². The number of hydrogen-bond donors (Lipinski definition) is 0. The van der Waals surface area contributed by atoms with Crippen LogP contribution in [0.25, 0.3) is 0 Å². The fourth-order valence-electron chi connectivity index (χ4n) is 3.14. The molecule has 0 N–H and O–H groups in total. The number of imidazole rings is 1. The monoisotopic (exact) mass is 354 g/mol. The zero-order valence-corrected chi connectivity index (χ0v) is 14.2. The maximum absolute atomic E-state index is 12.9. The summed E-state index contributed by atoms with van der Waals surface area (Å²) in [5, 5.41) is 0. The summed E-state index contributed by atoms with van der Waals surface area (Å²) in [6.07, 6.45) is 2.03. The zero-order chi connectivity index (χ0) is 18.0. The van der Waals surface area contributed by atoms with Crippen molar-refractivity contribution < 1.29 is 13.2 Å². The van der Waals surface area contributed by atoms with E-state index in [2.05, 4.69) is 19.9 Å². The van der Waals surface area contributed by atoms with Crippen molar-refractivity contribution in [3.8, 4) is 0 Å². The molecule has 9 heteroatoms. The highest BCUT2D eigenvalue weighted by Gasteiger charge is 2.34. The van der Waals surface area contributed by atoms with Crippen LogP contribution >= 0.6 is 0 Å². The predicted molar refractivity (Wildman–Crippen MR) is 86.9 cm³/mol. The van der Waals surface area contributed by atoms with E-state index in [1.54, 1.807) is 13.4 Å². The molecule has 25 heavy (non-hydrogen) atoms. The number of rotatable bonds is 4. The molecular formula is C16H21F3N6. The molecular weight excluding hydrogens is 333 g/mol. The van der Waals surface area contributed by atoms with Gasteiger partial charge in [0.15, 0.2) is 0 Å². The maximum atomic E-state index is 12.9. The Morgan fingerprint density at radius 3 is 2.80 bits per heavy atom. The summed E-state index contributed by atoms with van der Waals surface area (Å²) in [6.45, 7) is 2.51. The van der Waals surface area contributed by atoms with E-state index in [0.717, 1.165) is 50.6 Å². The summed E-state index contributed by atoms with van der Waals surface area (Å²) >= 11 is 0. The van der Waals surface area contributed by atoms with Gasteiger partial charge in [0.1, 0.15) is 17.8 Å². The van der Waals surface area contributed by atoms with E-state index >= 15 is 0 Å². The highest BCUT2D eigenvalue weighted by Crippen LogP contribution is 2.29. The van der Waals surface area contributed by atoms with Crippen molar-refractivity contribution in [3.63, 3.8) is 0 Å². The smallest absolute Gasteiger partial charge is 0.355 e. The maximum Gasteiger partial charge on any atom is 0.433 e. The molecule has 0 spiro atoms. The zero-order valence-electron chi connectivity index (χ0n) is 14.2. The molecule has 1 aliphatic rings. The first kappa shape index (κ1) is 17.7. The summed E-state index contributed by atoms with van der Waals surface area (Å²) in [4.78, 5) is 15.6. The standard InChI is InChI=1S/C16H21F3N6/c1-23-11-20-7-13(23)9-25-5-3-4-12(8-25)24(2)15-6-14(16(17,18)19)21-10-22-15/h6-7,10-12H,3-5,8-9H2,1-2H3. The second kappa shape index (κ2) is 6.99. The Balaban J connectivity index is 1.69. The predicted octanol–water partition coefficient (Wildman–Crippen LogP) is 2.33. The van der Waals surface area contributed by atoms with Crippen LogP contribution in [-0.2, 0) is 19.8 Å². The summed E-state index contributed by atoms with van der Waals surface area (Å²) in [5.41, 5.74) is 0.205. The lowest BCUT2D eigenvalue weighted by atomic mass is 10.0. The van der Waals surface area contributed by atoms with Gasteiger partial charge in [0.25, 0.3) is 0 Å². The number of aromatic nitrogens is 4. The number of aryl methyl sites for hydroxylation is 1. The number of likely N-dealkylation sites (N-methyl/N-ethyl adjacent to an activating group) is 1. The van der Waals surface area contributed by atoms with Gasteiger partial charge in [-0.05, 0) is 19.4 Å². The summed E-state index contributed by atoms with van der Waals surface area (Å²) < 4.78 is 40.6. The van der Waals surface area contributed by atoms with E-state index in [9.17, 15) is 13.2 Å². The van der Waals surface area contributed by atoms with Gasteiger partial charge in [-0.3, -0.25) is 4.90 Å². The Labute approximate surface area is 144 Å². The number of likely N-dealkylation sites (tertiary alicyclic amines) is 1. The largest absolute Gasteiger partial charge is 0.433 e.